The molecule has 1 aliphatic heterocycles. The van der Waals surface area contributed by atoms with Crippen molar-refractivity contribution in [2.24, 2.45) is 0 Å². The zero-order valence-electron chi connectivity index (χ0n) is 11.4. The van der Waals surface area contributed by atoms with E-state index in [1.807, 2.05) is 0 Å². The van der Waals surface area contributed by atoms with Crippen LogP contribution in [0.15, 0.2) is 24.3 Å². The van der Waals surface area contributed by atoms with Crippen LogP contribution in [0.5, 0.6) is 5.75 Å². The van der Waals surface area contributed by atoms with Gasteiger partial charge < -0.3 is 10.1 Å². The lowest BCUT2D eigenvalue weighted by molar-refractivity contribution is -0.139. The number of nitrogens with one attached hydrogen (secondary N) is 1. The summed E-state index contributed by atoms with van der Waals surface area (Å²) in [5.74, 6) is -0.0946. The molecule has 0 aromatic heterocycles. The Hall–Kier alpha value is -1.27. The van der Waals surface area contributed by atoms with Crippen LogP contribution < -0.4 is 10.1 Å². The lowest BCUT2D eigenvalue weighted by Crippen LogP contribution is -2.50. The van der Waals surface area contributed by atoms with Crippen LogP contribution in [0.1, 0.15) is 12.5 Å². The van der Waals surface area contributed by atoms with Gasteiger partial charge in [0.1, 0.15) is 12.4 Å². The molecule has 0 bridgehead atoms. The van der Waals surface area contributed by atoms with Crippen molar-refractivity contribution in [1.29, 1.82) is 0 Å². The molecule has 1 fully saturated rings. The zero-order valence-corrected chi connectivity index (χ0v) is 11.4. The predicted octanol–water partition coefficient (Wildman–Crippen LogP) is 2.38. The minimum atomic E-state index is -4.38. The molecule has 0 radical (unpaired) electrons. The van der Waals surface area contributed by atoms with Crippen molar-refractivity contribution in [3.63, 3.8) is 0 Å². The molecule has 6 heteroatoms. The quantitative estimate of drug-likeness (QED) is 0.920. The Morgan fingerprint density at radius 1 is 1.35 bits per heavy atom. The highest BCUT2D eigenvalue weighted by Gasteiger charge is 2.34. The van der Waals surface area contributed by atoms with Crippen LogP contribution in [0.25, 0.3) is 0 Å². The number of piperazine rings is 1. The van der Waals surface area contributed by atoms with Crippen molar-refractivity contribution >= 4 is 0 Å². The largest absolute Gasteiger partial charge is 0.492 e. The Morgan fingerprint density at radius 2 is 2.10 bits per heavy atom. The third-order valence-corrected chi connectivity index (χ3v) is 3.47. The molecule has 0 spiro atoms. The van der Waals surface area contributed by atoms with Crippen molar-refractivity contribution < 1.29 is 17.9 Å². The van der Waals surface area contributed by atoms with E-state index in [0.717, 1.165) is 25.7 Å². The Balaban J connectivity index is 1.91. The maximum atomic E-state index is 12.8. The number of hydrogen-bond acceptors (Lipinski definition) is 3. The molecule has 0 amide bonds. The third kappa shape index (κ3) is 3.86. The van der Waals surface area contributed by atoms with E-state index >= 15 is 0 Å². The number of alkyl halides is 3. The summed E-state index contributed by atoms with van der Waals surface area (Å²) in [5, 5.41) is 3.27. The van der Waals surface area contributed by atoms with Crippen LogP contribution in [-0.2, 0) is 6.18 Å². The first-order chi connectivity index (χ1) is 9.48. The average Bonchev–Trinajstić information content (AvgIpc) is 2.40. The highest BCUT2D eigenvalue weighted by atomic mass is 19.4. The minimum Gasteiger partial charge on any atom is -0.492 e. The summed E-state index contributed by atoms with van der Waals surface area (Å²) in [6.07, 6.45) is -4.38. The standard InChI is InChI=1S/C14H19F3N2O/c1-11-10-18-6-7-19(11)8-9-20-13-5-3-2-4-12(13)14(15,16)17/h2-5,11,18H,6-10H2,1H3/t11-/m1/s1. The Morgan fingerprint density at radius 3 is 2.80 bits per heavy atom. The number of para-hydroxylation sites is 1. The number of halogens is 3. The molecule has 1 heterocycles. The molecule has 1 saturated heterocycles. The molecule has 1 aromatic rings. The molecular weight excluding hydrogens is 269 g/mol. The second-order valence-electron chi connectivity index (χ2n) is 4.93. The lowest BCUT2D eigenvalue weighted by Gasteiger charge is -2.33. The summed E-state index contributed by atoms with van der Waals surface area (Å²) in [6, 6.07) is 5.71. The number of ether oxygens (including phenoxy) is 1. The molecule has 0 unspecified atom stereocenters. The first-order valence-corrected chi connectivity index (χ1v) is 6.72. The fourth-order valence-corrected chi connectivity index (χ4v) is 2.31. The highest BCUT2D eigenvalue weighted by Crippen LogP contribution is 2.35. The third-order valence-electron chi connectivity index (χ3n) is 3.47. The molecule has 2 rings (SSSR count). The molecule has 1 aromatic carbocycles. The fourth-order valence-electron chi connectivity index (χ4n) is 2.31. The summed E-state index contributed by atoms with van der Waals surface area (Å²) in [4.78, 5) is 2.21. The monoisotopic (exact) mass is 288 g/mol. The van der Waals surface area contributed by atoms with E-state index in [9.17, 15) is 13.2 Å². The first kappa shape index (κ1) is 15.1. The van der Waals surface area contributed by atoms with Crippen LogP contribution >= 0.6 is 0 Å². The van der Waals surface area contributed by atoms with Crippen molar-refractivity contribution in [3.8, 4) is 5.75 Å². The summed E-state index contributed by atoms with van der Waals surface area (Å²) >= 11 is 0. The van der Waals surface area contributed by atoms with Gasteiger partial charge in [-0.05, 0) is 19.1 Å². The second-order valence-corrected chi connectivity index (χ2v) is 4.93. The second kappa shape index (κ2) is 6.45. The van der Waals surface area contributed by atoms with E-state index < -0.39 is 11.7 Å². The molecule has 112 valence electrons. The van der Waals surface area contributed by atoms with Crippen LogP contribution in [0.4, 0.5) is 13.2 Å². The Bertz CT molecular complexity index is 437. The SMILES string of the molecule is C[C@@H]1CNCCN1CCOc1ccccc1C(F)(F)F. The van der Waals surface area contributed by atoms with E-state index in [4.69, 9.17) is 4.74 Å². The smallest absolute Gasteiger partial charge is 0.419 e. The van der Waals surface area contributed by atoms with Gasteiger partial charge in [0.15, 0.2) is 0 Å². The van der Waals surface area contributed by atoms with Gasteiger partial charge in [-0.1, -0.05) is 12.1 Å². The molecule has 1 N–H and O–H groups in total. The predicted molar refractivity (Wildman–Crippen MR) is 70.8 cm³/mol. The van der Waals surface area contributed by atoms with E-state index in [1.54, 1.807) is 6.07 Å². The van der Waals surface area contributed by atoms with Crippen molar-refractivity contribution in [2.45, 2.75) is 19.1 Å². The molecule has 0 saturated carbocycles. The first-order valence-electron chi connectivity index (χ1n) is 6.72. The topological polar surface area (TPSA) is 24.5 Å². The van der Waals surface area contributed by atoms with Crippen molar-refractivity contribution in [3.05, 3.63) is 29.8 Å². The average molecular weight is 288 g/mol. The van der Waals surface area contributed by atoms with Crippen molar-refractivity contribution in [2.75, 3.05) is 32.8 Å². The molecule has 20 heavy (non-hydrogen) atoms. The number of benzene rings is 1. The van der Waals surface area contributed by atoms with Gasteiger partial charge in [0.25, 0.3) is 0 Å². The summed E-state index contributed by atoms with van der Waals surface area (Å²) in [7, 11) is 0. The van der Waals surface area contributed by atoms with Gasteiger partial charge in [-0.3, -0.25) is 4.90 Å². The Labute approximate surface area is 116 Å². The lowest BCUT2D eigenvalue weighted by atomic mass is 10.2. The number of nitrogens with zero attached hydrogens (tertiary/aromatic N) is 1. The van der Waals surface area contributed by atoms with Gasteiger partial charge in [0, 0.05) is 32.2 Å². The van der Waals surface area contributed by atoms with Gasteiger partial charge >= 0.3 is 6.18 Å². The van der Waals surface area contributed by atoms with E-state index in [1.165, 1.54) is 12.1 Å². The van der Waals surface area contributed by atoms with Gasteiger partial charge in [-0.2, -0.15) is 13.2 Å². The maximum Gasteiger partial charge on any atom is 0.419 e. The van der Waals surface area contributed by atoms with Crippen LogP contribution in [0.3, 0.4) is 0 Å². The van der Waals surface area contributed by atoms with Crippen molar-refractivity contribution in [1.82, 2.24) is 10.2 Å². The summed E-state index contributed by atoms with van der Waals surface area (Å²) < 4.78 is 43.7. The van der Waals surface area contributed by atoms with Crippen LogP contribution in [0.2, 0.25) is 0 Å². The Kier molecular flexibility index (Phi) is 4.88. The van der Waals surface area contributed by atoms with Gasteiger partial charge in [0.2, 0.25) is 0 Å². The normalized spacial score (nSPS) is 20.9. The molecule has 1 aliphatic rings. The number of rotatable bonds is 4. The molecular formula is C14H19F3N2O. The van der Waals surface area contributed by atoms with Gasteiger partial charge in [0.05, 0.1) is 5.56 Å². The molecule has 3 nitrogen and oxygen atoms in total. The van der Waals surface area contributed by atoms with Crippen LogP contribution in [-0.4, -0.2) is 43.7 Å². The molecule has 1 atom stereocenters. The highest BCUT2D eigenvalue weighted by molar-refractivity contribution is 5.35. The van der Waals surface area contributed by atoms with E-state index in [-0.39, 0.29) is 12.4 Å². The number of hydrogen-bond donors (Lipinski definition) is 1. The van der Waals surface area contributed by atoms with Gasteiger partial charge in [-0.25, -0.2) is 0 Å². The maximum absolute atomic E-state index is 12.8. The summed E-state index contributed by atoms with van der Waals surface area (Å²) in [6.45, 7) is 5.69. The minimum absolute atomic E-state index is 0.0946. The zero-order chi connectivity index (χ0) is 14.6. The van der Waals surface area contributed by atoms with E-state index in [0.29, 0.717) is 12.6 Å². The molecule has 0 aliphatic carbocycles. The fraction of sp³-hybridized carbons (Fsp3) is 0.571. The van der Waals surface area contributed by atoms with Crippen LogP contribution in [0, 0.1) is 0 Å². The van der Waals surface area contributed by atoms with E-state index in [2.05, 4.69) is 17.1 Å². The van der Waals surface area contributed by atoms with Gasteiger partial charge in [-0.15, -0.1) is 0 Å². The summed E-state index contributed by atoms with van der Waals surface area (Å²) in [5.41, 5.74) is -0.714.